The Hall–Kier alpha value is -2.18. The molecule has 0 saturated carbocycles. The van der Waals surface area contributed by atoms with Crippen molar-refractivity contribution in [2.45, 2.75) is 0 Å². The highest BCUT2D eigenvalue weighted by atomic mass is 35.5. The fraction of sp³-hybridized carbons (Fsp3) is 0. The molecule has 4 N–H and O–H groups in total. The van der Waals surface area contributed by atoms with Gasteiger partial charge in [0.2, 0.25) is 0 Å². The van der Waals surface area contributed by atoms with Crippen molar-refractivity contribution in [1.29, 1.82) is 0 Å². The highest BCUT2D eigenvalue weighted by molar-refractivity contribution is 6.32. The topological polar surface area (TPSA) is 64.9 Å². The summed E-state index contributed by atoms with van der Waals surface area (Å²) in [5.74, 6) is 6.20. The van der Waals surface area contributed by atoms with Gasteiger partial charge in [0.05, 0.1) is 10.6 Å². The zero-order valence-corrected chi connectivity index (χ0v) is 9.70. The molecule has 4 heteroatoms. The molecule has 1 aromatic carbocycles. The Balaban J connectivity index is 2.36. The van der Waals surface area contributed by atoms with E-state index in [0.29, 0.717) is 22.1 Å². The van der Waals surface area contributed by atoms with Crippen LogP contribution in [0.25, 0.3) is 0 Å². The number of hydrogen-bond donors (Lipinski definition) is 2. The molecule has 0 radical (unpaired) electrons. The highest BCUT2D eigenvalue weighted by Crippen LogP contribution is 2.18. The second-order valence-corrected chi connectivity index (χ2v) is 3.83. The molecule has 0 aliphatic heterocycles. The van der Waals surface area contributed by atoms with Crippen molar-refractivity contribution in [2.75, 3.05) is 11.5 Å². The molecular formula is C13H10ClN3. The van der Waals surface area contributed by atoms with Crippen LogP contribution in [0.1, 0.15) is 11.1 Å². The van der Waals surface area contributed by atoms with Crippen molar-refractivity contribution in [3.05, 3.63) is 52.7 Å². The van der Waals surface area contributed by atoms with Gasteiger partial charge in [-0.3, -0.25) is 0 Å². The van der Waals surface area contributed by atoms with E-state index in [1.807, 2.05) is 12.1 Å². The minimum absolute atomic E-state index is 0.334. The van der Waals surface area contributed by atoms with E-state index in [4.69, 9.17) is 23.1 Å². The lowest BCUT2D eigenvalue weighted by Gasteiger charge is -1.98. The van der Waals surface area contributed by atoms with E-state index in [-0.39, 0.29) is 0 Å². The molecule has 0 amide bonds. The first-order chi connectivity index (χ1) is 8.16. The van der Waals surface area contributed by atoms with Gasteiger partial charge >= 0.3 is 0 Å². The molecular weight excluding hydrogens is 234 g/mol. The molecule has 0 atom stereocenters. The van der Waals surface area contributed by atoms with Gasteiger partial charge in [-0.25, -0.2) is 4.98 Å². The smallest absolute Gasteiger partial charge is 0.140 e. The van der Waals surface area contributed by atoms with Gasteiger partial charge < -0.3 is 11.5 Å². The van der Waals surface area contributed by atoms with E-state index in [1.54, 1.807) is 24.4 Å². The van der Waals surface area contributed by atoms with Crippen LogP contribution in [0.2, 0.25) is 5.02 Å². The third-order valence-electron chi connectivity index (χ3n) is 2.17. The summed E-state index contributed by atoms with van der Waals surface area (Å²) in [7, 11) is 0. The van der Waals surface area contributed by atoms with E-state index >= 15 is 0 Å². The van der Waals surface area contributed by atoms with Gasteiger partial charge in [-0.05, 0) is 30.3 Å². The van der Waals surface area contributed by atoms with Gasteiger partial charge in [-0.15, -0.1) is 0 Å². The Bertz CT molecular complexity index is 574. The van der Waals surface area contributed by atoms with Crippen molar-refractivity contribution in [3.63, 3.8) is 0 Å². The van der Waals surface area contributed by atoms with Crippen molar-refractivity contribution >= 4 is 23.1 Å². The van der Waals surface area contributed by atoms with Crippen molar-refractivity contribution in [1.82, 2.24) is 4.98 Å². The summed E-state index contributed by atoms with van der Waals surface area (Å²) in [6, 6.07) is 8.91. The third-order valence-corrected chi connectivity index (χ3v) is 2.49. The normalized spacial score (nSPS) is 9.47. The zero-order chi connectivity index (χ0) is 12.3. The van der Waals surface area contributed by atoms with E-state index in [0.717, 1.165) is 5.56 Å². The van der Waals surface area contributed by atoms with Crippen LogP contribution in [0.5, 0.6) is 0 Å². The highest BCUT2D eigenvalue weighted by Gasteiger charge is 2.01. The summed E-state index contributed by atoms with van der Waals surface area (Å²) in [6.45, 7) is 0. The monoisotopic (exact) mass is 243 g/mol. The first-order valence-corrected chi connectivity index (χ1v) is 5.32. The average molecular weight is 244 g/mol. The lowest BCUT2D eigenvalue weighted by molar-refractivity contribution is 1.32. The average Bonchev–Trinajstić information content (AvgIpc) is 2.31. The Kier molecular flexibility index (Phi) is 3.17. The number of rotatable bonds is 0. The van der Waals surface area contributed by atoms with Gasteiger partial charge in [0.15, 0.2) is 0 Å². The molecule has 0 saturated heterocycles. The molecule has 3 nitrogen and oxygen atoms in total. The van der Waals surface area contributed by atoms with Gasteiger partial charge in [0.1, 0.15) is 5.82 Å². The molecule has 0 unspecified atom stereocenters. The summed E-state index contributed by atoms with van der Waals surface area (Å²) in [5.41, 5.74) is 13.4. The number of nitrogens with two attached hydrogens (primary N) is 2. The number of anilines is 2. The van der Waals surface area contributed by atoms with E-state index in [2.05, 4.69) is 16.8 Å². The predicted molar refractivity (Wildman–Crippen MR) is 70.5 cm³/mol. The standard InChI is InChI=1S/C13H10ClN3/c14-12-7-8-17-13(16)11(12)6-3-9-1-4-10(15)5-2-9/h1-2,4-5,7-8H,15H2,(H2,16,17). The number of pyridine rings is 1. The summed E-state index contributed by atoms with van der Waals surface area (Å²) in [5, 5.41) is 0.500. The van der Waals surface area contributed by atoms with Crippen LogP contribution in [0.15, 0.2) is 36.5 Å². The Morgan fingerprint density at radius 1 is 1.00 bits per heavy atom. The minimum Gasteiger partial charge on any atom is -0.399 e. The van der Waals surface area contributed by atoms with Crippen LogP contribution in [-0.2, 0) is 0 Å². The first kappa shape index (κ1) is 11.3. The number of nitrogen functional groups attached to an aromatic ring is 2. The minimum atomic E-state index is 0.334. The fourth-order valence-electron chi connectivity index (χ4n) is 1.28. The van der Waals surface area contributed by atoms with E-state index in [9.17, 15) is 0 Å². The Morgan fingerprint density at radius 2 is 1.71 bits per heavy atom. The quantitative estimate of drug-likeness (QED) is 0.551. The molecule has 84 valence electrons. The second kappa shape index (κ2) is 4.77. The predicted octanol–water partition coefficient (Wildman–Crippen LogP) is 2.30. The molecule has 0 spiro atoms. The van der Waals surface area contributed by atoms with Crippen molar-refractivity contribution < 1.29 is 0 Å². The molecule has 0 aliphatic carbocycles. The molecule has 0 aliphatic rings. The SMILES string of the molecule is Nc1ccc(C#Cc2c(Cl)ccnc2N)cc1. The van der Waals surface area contributed by atoms with Gasteiger partial charge in [-0.1, -0.05) is 23.4 Å². The molecule has 0 fully saturated rings. The maximum atomic E-state index is 5.98. The van der Waals surface area contributed by atoms with Crippen molar-refractivity contribution in [3.8, 4) is 11.8 Å². The number of aromatic nitrogens is 1. The lowest BCUT2D eigenvalue weighted by Crippen LogP contribution is -1.94. The van der Waals surface area contributed by atoms with Crippen LogP contribution in [-0.4, -0.2) is 4.98 Å². The molecule has 1 aromatic heterocycles. The summed E-state index contributed by atoms with van der Waals surface area (Å²) >= 11 is 5.98. The maximum absolute atomic E-state index is 5.98. The number of nitrogens with zero attached hydrogens (tertiary/aromatic N) is 1. The Morgan fingerprint density at radius 3 is 2.35 bits per heavy atom. The fourth-order valence-corrected chi connectivity index (χ4v) is 1.48. The summed E-state index contributed by atoms with van der Waals surface area (Å²) in [4.78, 5) is 3.94. The van der Waals surface area contributed by atoms with E-state index < -0.39 is 0 Å². The molecule has 1 heterocycles. The number of benzene rings is 1. The number of hydrogen-bond acceptors (Lipinski definition) is 3. The van der Waals surface area contributed by atoms with E-state index in [1.165, 1.54) is 0 Å². The molecule has 2 rings (SSSR count). The molecule has 17 heavy (non-hydrogen) atoms. The van der Waals surface area contributed by atoms with Crippen LogP contribution >= 0.6 is 11.6 Å². The maximum Gasteiger partial charge on any atom is 0.140 e. The zero-order valence-electron chi connectivity index (χ0n) is 8.94. The molecule has 0 bridgehead atoms. The lowest BCUT2D eigenvalue weighted by atomic mass is 10.2. The first-order valence-electron chi connectivity index (χ1n) is 4.94. The van der Waals surface area contributed by atoms with Crippen LogP contribution in [0, 0.1) is 11.8 Å². The van der Waals surface area contributed by atoms with Crippen LogP contribution < -0.4 is 11.5 Å². The van der Waals surface area contributed by atoms with Crippen LogP contribution in [0.3, 0.4) is 0 Å². The second-order valence-electron chi connectivity index (χ2n) is 3.43. The van der Waals surface area contributed by atoms with Gasteiger partial charge in [0, 0.05) is 17.4 Å². The van der Waals surface area contributed by atoms with Crippen molar-refractivity contribution in [2.24, 2.45) is 0 Å². The summed E-state index contributed by atoms with van der Waals surface area (Å²) in [6.07, 6.45) is 1.55. The van der Waals surface area contributed by atoms with Gasteiger partial charge in [0.25, 0.3) is 0 Å². The number of halogens is 1. The van der Waals surface area contributed by atoms with Crippen LogP contribution in [0.4, 0.5) is 11.5 Å². The molecule has 2 aromatic rings. The third kappa shape index (κ3) is 2.68. The van der Waals surface area contributed by atoms with Gasteiger partial charge in [-0.2, -0.15) is 0 Å². The largest absolute Gasteiger partial charge is 0.399 e. The summed E-state index contributed by atoms with van der Waals surface area (Å²) < 4.78 is 0. The Labute approximate surface area is 104 Å².